The Labute approximate surface area is 242 Å². The third-order valence-electron chi connectivity index (χ3n) is 9.63. The first-order chi connectivity index (χ1) is 19.7. The van der Waals surface area contributed by atoms with Crippen LogP contribution in [0.2, 0.25) is 5.02 Å². The number of carbonyl (C=O) groups is 1. The molecule has 9 heteroatoms. The molecule has 4 fully saturated rings. The average Bonchev–Trinajstić information content (AvgIpc) is 3.27. The van der Waals surface area contributed by atoms with Crippen molar-refractivity contribution >= 4 is 34.5 Å². The molecular formula is C32H33ClF3N3O2. The Kier molecular flexibility index (Phi) is 6.81. The first-order valence-corrected chi connectivity index (χ1v) is 15.0. The summed E-state index contributed by atoms with van der Waals surface area (Å²) in [4.78, 5) is 18.9. The monoisotopic (exact) mass is 583 g/mol. The van der Waals surface area contributed by atoms with Crippen LogP contribution in [0.25, 0.3) is 17.0 Å². The van der Waals surface area contributed by atoms with E-state index in [4.69, 9.17) is 11.6 Å². The number of carbonyl (C=O) groups excluding carboxylic acids is 1. The Morgan fingerprint density at radius 2 is 1.80 bits per heavy atom. The molecule has 1 amide bonds. The SMILES string of the molecule is O=C1/C(=C/c2cn(Cc3ccc(OC(F)(F)F)cc3)c3ccc(Cl)cc23)CC[C@@H]2[C@H]3CCCN4CCC[C@@H](CN12)[C@@H]34. The van der Waals surface area contributed by atoms with Gasteiger partial charge in [0.25, 0.3) is 0 Å². The Morgan fingerprint density at radius 1 is 1.02 bits per heavy atom. The second-order valence-corrected chi connectivity index (χ2v) is 12.5. The van der Waals surface area contributed by atoms with Crippen molar-refractivity contribution in [3.05, 3.63) is 70.4 Å². The number of nitrogens with zero attached hydrogens (tertiary/aromatic N) is 3. The van der Waals surface area contributed by atoms with E-state index >= 15 is 0 Å². The lowest BCUT2D eigenvalue weighted by atomic mass is 9.67. The highest BCUT2D eigenvalue weighted by Gasteiger charge is 2.51. The fraction of sp³-hybridized carbons (Fsp3) is 0.469. The van der Waals surface area contributed by atoms with Crippen molar-refractivity contribution < 1.29 is 22.7 Å². The van der Waals surface area contributed by atoms with Crippen molar-refractivity contribution in [3.8, 4) is 5.75 Å². The summed E-state index contributed by atoms with van der Waals surface area (Å²) >= 11 is 6.39. The molecule has 7 rings (SSSR count). The van der Waals surface area contributed by atoms with Crippen molar-refractivity contribution in [3.63, 3.8) is 0 Å². The van der Waals surface area contributed by atoms with Crippen molar-refractivity contribution in [1.82, 2.24) is 14.4 Å². The molecule has 5 heterocycles. The number of hydrogen-bond acceptors (Lipinski definition) is 3. The van der Waals surface area contributed by atoms with Crippen LogP contribution in [0, 0.1) is 11.8 Å². The van der Waals surface area contributed by atoms with Gasteiger partial charge in [0.15, 0.2) is 0 Å². The second-order valence-electron chi connectivity index (χ2n) is 12.0. The van der Waals surface area contributed by atoms with E-state index in [1.54, 1.807) is 12.1 Å². The third kappa shape index (κ3) is 5.14. The number of piperidine rings is 4. The normalized spacial score (nSPS) is 27.7. The van der Waals surface area contributed by atoms with Crippen LogP contribution >= 0.6 is 11.6 Å². The van der Waals surface area contributed by atoms with Gasteiger partial charge in [0.05, 0.1) is 0 Å². The van der Waals surface area contributed by atoms with Crippen LogP contribution in [0.3, 0.4) is 0 Å². The number of benzene rings is 2. The molecule has 0 radical (unpaired) electrons. The smallest absolute Gasteiger partial charge is 0.406 e. The van der Waals surface area contributed by atoms with Gasteiger partial charge in [-0.3, -0.25) is 9.69 Å². The van der Waals surface area contributed by atoms with Crippen LogP contribution in [-0.4, -0.2) is 58.4 Å². The van der Waals surface area contributed by atoms with Crippen LogP contribution in [0.4, 0.5) is 13.2 Å². The lowest BCUT2D eigenvalue weighted by Gasteiger charge is -2.58. The zero-order chi connectivity index (χ0) is 28.3. The van der Waals surface area contributed by atoms with Gasteiger partial charge in [-0.25, -0.2) is 0 Å². The topological polar surface area (TPSA) is 37.7 Å². The van der Waals surface area contributed by atoms with Gasteiger partial charge in [-0.05, 0) is 105 Å². The van der Waals surface area contributed by atoms with Gasteiger partial charge in [-0.2, -0.15) is 0 Å². The number of halogens is 4. The molecule has 0 N–H and O–H groups in total. The minimum atomic E-state index is -4.72. The van der Waals surface area contributed by atoms with Crippen molar-refractivity contribution in [2.75, 3.05) is 19.6 Å². The van der Waals surface area contributed by atoms with Gasteiger partial charge in [0.1, 0.15) is 5.75 Å². The molecule has 4 atom stereocenters. The van der Waals surface area contributed by atoms with E-state index in [0.717, 1.165) is 47.0 Å². The Hall–Kier alpha value is -2.97. The molecule has 2 aromatic carbocycles. The first kappa shape index (κ1) is 26.9. The lowest BCUT2D eigenvalue weighted by molar-refractivity contribution is -0.274. The second kappa shape index (κ2) is 10.4. The van der Waals surface area contributed by atoms with E-state index in [1.165, 1.54) is 50.9 Å². The average molecular weight is 584 g/mol. The van der Waals surface area contributed by atoms with E-state index in [9.17, 15) is 18.0 Å². The van der Waals surface area contributed by atoms with Crippen molar-refractivity contribution in [1.29, 1.82) is 0 Å². The molecular weight excluding hydrogens is 551 g/mol. The third-order valence-corrected chi connectivity index (χ3v) is 9.87. The molecule has 0 unspecified atom stereocenters. The molecule has 41 heavy (non-hydrogen) atoms. The van der Waals surface area contributed by atoms with E-state index < -0.39 is 6.36 Å². The predicted octanol–water partition coefficient (Wildman–Crippen LogP) is 7.12. The Balaban J connectivity index is 1.16. The summed E-state index contributed by atoms with van der Waals surface area (Å²) in [6, 6.07) is 12.6. The fourth-order valence-electron chi connectivity index (χ4n) is 8.05. The van der Waals surface area contributed by atoms with Crippen LogP contribution in [0.5, 0.6) is 5.75 Å². The number of ether oxygens (including phenoxy) is 1. The highest BCUT2D eigenvalue weighted by atomic mass is 35.5. The van der Waals surface area contributed by atoms with Crippen LogP contribution in [0.1, 0.15) is 49.7 Å². The van der Waals surface area contributed by atoms with Gasteiger partial charge in [-0.15, -0.1) is 13.2 Å². The number of rotatable bonds is 4. The summed E-state index contributed by atoms with van der Waals surface area (Å²) < 4.78 is 43.8. The molecule has 0 saturated carbocycles. The zero-order valence-corrected chi connectivity index (χ0v) is 23.5. The predicted molar refractivity (Wildman–Crippen MR) is 153 cm³/mol. The van der Waals surface area contributed by atoms with Gasteiger partial charge in [-0.1, -0.05) is 23.7 Å². The van der Waals surface area contributed by atoms with Crippen molar-refractivity contribution in [2.45, 2.75) is 63.5 Å². The largest absolute Gasteiger partial charge is 0.573 e. The molecule has 0 bridgehead atoms. The van der Waals surface area contributed by atoms with Crippen LogP contribution in [-0.2, 0) is 11.3 Å². The van der Waals surface area contributed by atoms with Gasteiger partial charge < -0.3 is 14.2 Å². The maximum absolute atomic E-state index is 14.0. The van der Waals surface area contributed by atoms with E-state index in [2.05, 4.69) is 19.1 Å². The van der Waals surface area contributed by atoms with E-state index in [0.29, 0.717) is 35.5 Å². The Morgan fingerprint density at radius 3 is 2.59 bits per heavy atom. The Bertz CT molecular complexity index is 1500. The summed E-state index contributed by atoms with van der Waals surface area (Å²) in [5.41, 5.74) is 3.55. The van der Waals surface area contributed by atoms with E-state index in [-0.39, 0.29) is 11.7 Å². The molecule has 4 saturated heterocycles. The number of aromatic nitrogens is 1. The quantitative estimate of drug-likeness (QED) is 0.307. The minimum absolute atomic E-state index is 0.172. The summed E-state index contributed by atoms with van der Waals surface area (Å²) in [6.45, 7) is 3.74. The molecule has 3 aromatic rings. The maximum atomic E-state index is 14.0. The summed E-state index contributed by atoms with van der Waals surface area (Å²) in [5.74, 6) is 1.08. The van der Waals surface area contributed by atoms with Crippen LogP contribution < -0.4 is 4.74 Å². The molecule has 4 aliphatic heterocycles. The fourth-order valence-corrected chi connectivity index (χ4v) is 8.22. The minimum Gasteiger partial charge on any atom is -0.406 e. The number of alkyl halides is 3. The van der Waals surface area contributed by atoms with Crippen LogP contribution in [0.15, 0.2) is 54.2 Å². The molecule has 216 valence electrons. The molecule has 4 aliphatic rings. The number of hydrogen-bond donors (Lipinski definition) is 0. The maximum Gasteiger partial charge on any atom is 0.573 e. The van der Waals surface area contributed by atoms with E-state index in [1.807, 2.05) is 30.5 Å². The summed E-state index contributed by atoms with van der Waals surface area (Å²) in [7, 11) is 0. The molecule has 1 aromatic heterocycles. The lowest BCUT2D eigenvalue weighted by Crippen LogP contribution is -2.66. The summed E-state index contributed by atoms with van der Waals surface area (Å²) in [5, 5.41) is 1.56. The van der Waals surface area contributed by atoms with Gasteiger partial charge in [0.2, 0.25) is 5.91 Å². The number of amides is 1. The zero-order valence-electron chi connectivity index (χ0n) is 22.7. The molecule has 0 aliphatic carbocycles. The first-order valence-electron chi connectivity index (χ1n) is 14.6. The number of fused-ring (bicyclic) bond motifs is 3. The molecule has 0 spiro atoms. The standard InChI is InChI=1S/C32H33ClF3N3O2/c33-24-8-12-28-27(16-24)23(18-38(28)17-20-5-9-25(10-6-20)41-32(34,35)36)15-21-7-11-29-26-4-2-14-37-13-1-3-22(30(26)37)19-39(29)31(21)40/h5-6,8-10,12,15-16,18,22,26,29-30H,1-4,7,11,13-14,17,19H2/b21-15+/t22-,26+,29+,30-/m0/s1. The highest BCUT2D eigenvalue weighted by molar-refractivity contribution is 6.31. The summed E-state index contributed by atoms with van der Waals surface area (Å²) in [6.07, 6.45) is 5.98. The van der Waals surface area contributed by atoms with Gasteiger partial charge in [0, 0.05) is 58.4 Å². The molecule has 5 nitrogen and oxygen atoms in total. The van der Waals surface area contributed by atoms with Gasteiger partial charge >= 0.3 is 6.36 Å². The van der Waals surface area contributed by atoms with Crippen molar-refractivity contribution in [2.24, 2.45) is 11.8 Å². The highest BCUT2D eigenvalue weighted by Crippen LogP contribution is 2.45.